The molecule has 0 spiro atoms. The quantitative estimate of drug-likeness (QED) is 0.427. The zero-order chi connectivity index (χ0) is 10.9. The van der Waals surface area contributed by atoms with E-state index < -0.39 is 6.16 Å². The van der Waals surface area contributed by atoms with Gasteiger partial charge >= 0.3 is 6.16 Å². The van der Waals surface area contributed by atoms with Crippen molar-refractivity contribution in [3.05, 3.63) is 35.9 Å². The van der Waals surface area contributed by atoms with E-state index in [1.165, 1.54) is 0 Å². The fraction of sp³-hybridized carbons (Fsp3) is 0.300. The summed E-state index contributed by atoms with van der Waals surface area (Å²) in [6.07, 6.45) is -0.757. The molecule has 0 radical (unpaired) electrons. The molecule has 1 aromatic carbocycles. The molecule has 0 heterocycles. The predicted octanol–water partition coefficient (Wildman–Crippen LogP) is 0.803. The maximum absolute atomic E-state index is 10.9. The van der Waals surface area contributed by atoms with E-state index in [1.807, 2.05) is 30.3 Å². The number of benzene rings is 1. The summed E-state index contributed by atoms with van der Waals surface area (Å²) in [6.45, 7) is 0.996. The molecular weight excluding hydrogens is 196 g/mol. The minimum atomic E-state index is -0.757. The van der Waals surface area contributed by atoms with Gasteiger partial charge in [-0.3, -0.25) is 0 Å². The number of nitrogens with two attached hydrogens (primary N) is 1. The van der Waals surface area contributed by atoms with Crippen LogP contribution in [0.25, 0.3) is 0 Å². The van der Waals surface area contributed by atoms with Gasteiger partial charge in [-0.1, -0.05) is 30.3 Å². The molecule has 0 fully saturated rings. The standard InChI is InChI=1S/C10H14N2O3/c11-6-7-12-15-10(13)14-8-9-4-2-1-3-5-9/h1-5,12H,6-8,11H2. The Morgan fingerprint density at radius 1 is 1.33 bits per heavy atom. The molecule has 3 N–H and O–H groups in total. The lowest BCUT2D eigenvalue weighted by Crippen LogP contribution is -2.26. The van der Waals surface area contributed by atoms with Crippen molar-refractivity contribution in [3.63, 3.8) is 0 Å². The van der Waals surface area contributed by atoms with Crippen LogP contribution in [0.2, 0.25) is 0 Å². The van der Waals surface area contributed by atoms with Crippen LogP contribution in [0, 0.1) is 0 Å². The minimum Gasteiger partial charge on any atom is -0.428 e. The molecule has 0 saturated heterocycles. The molecule has 0 saturated carbocycles. The van der Waals surface area contributed by atoms with Gasteiger partial charge in [0.25, 0.3) is 0 Å². The highest BCUT2D eigenvalue weighted by Crippen LogP contribution is 2.00. The van der Waals surface area contributed by atoms with Gasteiger partial charge in [0.1, 0.15) is 6.61 Å². The van der Waals surface area contributed by atoms with E-state index in [-0.39, 0.29) is 6.61 Å². The fourth-order valence-corrected chi connectivity index (χ4v) is 0.915. The third-order valence-electron chi connectivity index (χ3n) is 1.60. The molecule has 0 atom stereocenters. The molecule has 0 aromatic heterocycles. The normalized spacial score (nSPS) is 9.67. The predicted molar refractivity (Wildman–Crippen MR) is 54.8 cm³/mol. The van der Waals surface area contributed by atoms with E-state index >= 15 is 0 Å². The molecular formula is C10H14N2O3. The summed E-state index contributed by atoms with van der Waals surface area (Å²) < 4.78 is 4.81. The van der Waals surface area contributed by atoms with Gasteiger partial charge in [-0.15, -0.1) is 5.48 Å². The van der Waals surface area contributed by atoms with Crippen LogP contribution in [0.3, 0.4) is 0 Å². The summed E-state index contributed by atoms with van der Waals surface area (Å²) in [6, 6.07) is 9.36. The van der Waals surface area contributed by atoms with Crippen molar-refractivity contribution >= 4 is 6.16 Å². The highest BCUT2D eigenvalue weighted by molar-refractivity contribution is 5.59. The zero-order valence-electron chi connectivity index (χ0n) is 8.31. The van der Waals surface area contributed by atoms with Crippen LogP contribution < -0.4 is 11.2 Å². The molecule has 0 unspecified atom stereocenters. The van der Waals surface area contributed by atoms with E-state index in [0.29, 0.717) is 13.1 Å². The van der Waals surface area contributed by atoms with Crippen molar-refractivity contribution in [1.29, 1.82) is 0 Å². The maximum Gasteiger partial charge on any atom is 0.528 e. The molecule has 0 amide bonds. The minimum absolute atomic E-state index is 0.198. The van der Waals surface area contributed by atoms with Gasteiger partial charge in [0.2, 0.25) is 0 Å². The topological polar surface area (TPSA) is 73.6 Å². The highest BCUT2D eigenvalue weighted by atomic mass is 16.8. The third-order valence-corrected chi connectivity index (χ3v) is 1.60. The molecule has 5 nitrogen and oxygen atoms in total. The Morgan fingerprint density at radius 3 is 2.73 bits per heavy atom. The Kier molecular flexibility index (Phi) is 5.21. The van der Waals surface area contributed by atoms with Gasteiger partial charge in [0.05, 0.1) is 0 Å². The Bertz CT molecular complexity index is 290. The lowest BCUT2D eigenvalue weighted by Gasteiger charge is -2.05. The summed E-state index contributed by atoms with van der Waals surface area (Å²) >= 11 is 0. The van der Waals surface area contributed by atoms with Crippen LogP contribution >= 0.6 is 0 Å². The van der Waals surface area contributed by atoms with Crippen LogP contribution in [0.5, 0.6) is 0 Å². The Labute approximate surface area is 88.1 Å². The number of hydroxylamine groups is 1. The second-order valence-corrected chi connectivity index (χ2v) is 2.81. The van der Waals surface area contributed by atoms with Crippen LogP contribution in [0.15, 0.2) is 30.3 Å². The first-order valence-corrected chi connectivity index (χ1v) is 4.63. The van der Waals surface area contributed by atoms with E-state index in [0.717, 1.165) is 5.56 Å². The first kappa shape index (κ1) is 11.5. The van der Waals surface area contributed by atoms with Gasteiger partial charge in [-0.05, 0) is 5.56 Å². The van der Waals surface area contributed by atoms with Gasteiger partial charge in [-0.2, -0.15) is 0 Å². The Hall–Kier alpha value is -1.59. The van der Waals surface area contributed by atoms with Crippen molar-refractivity contribution in [2.45, 2.75) is 6.61 Å². The van der Waals surface area contributed by atoms with E-state index in [9.17, 15) is 4.79 Å². The van der Waals surface area contributed by atoms with E-state index in [1.54, 1.807) is 0 Å². The van der Waals surface area contributed by atoms with Crippen molar-refractivity contribution in [2.75, 3.05) is 13.1 Å². The van der Waals surface area contributed by atoms with Crippen molar-refractivity contribution in [1.82, 2.24) is 5.48 Å². The van der Waals surface area contributed by atoms with E-state index in [2.05, 4.69) is 10.3 Å². The fourth-order valence-electron chi connectivity index (χ4n) is 0.915. The summed E-state index contributed by atoms with van der Waals surface area (Å²) in [5.41, 5.74) is 8.47. The van der Waals surface area contributed by atoms with Gasteiger partial charge in [0, 0.05) is 13.1 Å². The summed E-state index contributed by atoms with van der Waals surface area (Å²) in [7, 11) is 0. The van der Waals surface area contributed by atoms with E-state index in [4.69, 9.17) is 10.5 Å². The molecule has 5 heteroatoms. The van der Waals surface area contributed by atoms with Crippen molar-refractivity contribution in [2.24, 2.45) is 5.73 Å². The maximum atomic E-state index is 10.9. The molecule has 0 aliphatic carbocycles. The number of carbonyl (C=O) groups excluding carboxylic acids is 1. The lowest BCUT2D eigenvalue weighted by atomic mass is 10.2. The average Bonchev–Trinajstić information content (AvgIpc) is 2.28. The smallest absolute Gasteiger partial charge is 0.428 e. The highest BCUT2D eigenvalue weighted by Gasteiger charge is 2.03. The van der Waals surface area contributed by atoms with Gasteiger partial charge in [-0.25, -0.2) is 4.79 Å². The monoisotopic (exact) mass is 210 g/mol. The average molecular weight is 210 g/mol. The zero-order valence-corrected chi connectivity index (χ0v) is 8.31. The lowest BCUT2D eigenvalue weighted by molar-refractivity contribution is 0.0132. The number of hydrogen-bond donors (Lipinski definition) is 2. The molecule has 0 aliphatic rings. The SMILES string of the molecule is NCCNOC(=O)OCc1ccccc1. The first-order valence-electron chi connectivity index (χ1n) is 4.63. The van der Waals surface area contributed by atoms with Gasteiger partial charge < -0.3 is 15.3 Å². The molecule has 1 aromatic rings. The second kappa shape index (κ2) is 6.80. The molecule has 15 heavy (non-hydrogen) atoms. The molecule has 1 rings (SSSR count). The van der Waals surface area contributed by atoms with Crippen LogP contribution in [-0.2, 0) is 16.2 Å². The molecule has 0 bridgehead atoms. The van der Waals surface area contributed by atoms with Crippen molar-refractivity contribution < 1.29 is 14.4 Å². The van der Waals surface area contributed by atoms with Crippen LogP contribution in [-0.4, -0.2) is 19.2 Å². The number of rotatable bonds is 5. The summed E-state index contributed by atoms with van der Waals surface area (Å²) in [5, 5.41) is 0. The second-order valence-electron chi connectivity index (χ2n) is 2.81. The number of hydrogen-bond acceptors (Lipinski definition) is 5. The molecule has 0 aliphatic heterocycles. The summed E-state index contributed by atoms with van der Waals surface area (Å²) in [4.78, 5) is 15.5. The van der Waals surface area contributed by atoms with Gasteiger partial charge in [0.15, 0.2) is 0 Å². The Morgan fingerprint density at radius 2 is 2.07 bits per heavy atom. The number of nitrogens with one attached hydrogen (secondary N) is 1. The number of carbonyl (C=O) groups is 1. The van der Waals surface area contributed by atoms with Crippen molar-refractivity contribution in [3.8, 4) is 0 Å². The Balaban J connectivity index is 2.17. The molecule has 82 valence electrons. The number of ether oxygens (including phenoxy) is 1. The van der Waals surface area contributed by atoms with Crippen LogP contribution in [0.4, 0.5) is 4.79 Å². The van der Waals surface area contributed by atoms with Crippen LogP contribution in [0.1, 0.15) is 5.56 Å². The summed E-state index contributed by atoms with van der Waals surface area (Å²) in [5.74, 6) is 0. The first-order chi connectivity index (χ1) is 7.33. The largest absolute Gasteiger partial charge is 0.528 e. The third kappa shape index (κ3) is 4.99.